The predicted octanol–water partition coefficient (Wildman–Crippen LogP) is 4.30. The summed E-state index contributed by atoms with van der Waals surface area (Å²) in [4.78, 5) is 2.74. The van der Waals surface area contributed by atoms with Crippen LogP contribution in [0.4, 0.5) is 0 Å². The fraction of sp³-hybridized carbons (Fsp3) is 1.00. The first-order valence-corrected chi connectivity index (χ1v) is 8.78. The van der Waals surface area contributed by atoms with E-state index < -0.39 is 0 Å². The van der Waals surface area contributed by atoms with Crippen LogP contribution in [0, 0.1) is 10.8 Å². The summed E-state index contributed by atoms with van der Waals surface area (Å²) in [6.07, 6.45) is 6.67. The van der Waals surface area contributed by atoms with Gasteiger partial charge in [0.1, 0.15) is 0 Å². The molecule has 0 amide bonds. The molecule has 1 saturated heterocycles. The highest BCUT2D eigenvalue weighted by molar-refractivity contribution is 4.86. The molecule has 120 valence electrons. The van der Waals surface area contributed by atoms with Crippen LogP contribution in [-0.2, 0) is 0 Å². The van der Waals surface area contributed by atoms with E-state index in [1.807, 2.05) is 0 Å². The average molecular weight is 283 g/mol. The van der Waals surface area contributed by atoms with Crippen LogP contribution in [0.3, 0.4) is 0 Å². The second-order valence-electron chi connectivity index (χ2n) is 8.04. The van der Waals surface area contributed by atoms with E-state index in [1.165, 1.54) is 51.7 Å². The molecule has 1 heterocycles. The van der Waals surface area contributed by atoms with Crippen LogP contribution in [0.1, 0.15) is 73.6 Å². The van der Waals surface area contributed by atoms with Gasteiger partial charge in [-0.25, -0.2) is 0 Å². The van der Waals surface area contributed by atoms with Gasteiger partial charge < -0.3 is 10.2 Å². The van der Waals surface area contributed by atoms with Gasteiger partial charge in [-0.05, 0) is 56.0 Å². The molecule has 1 fully saturated rings. The van der Waals surface area contributed by atoms with Crippen molar-refractivity contribution in [3.05, 3.63) is 0 Å². The molecule has 20 heavy (non-hydrogen) atoms. The maximum atomic E-state index is 3.68. The summed E-state index contributed by atoms with van der Waals surface area (Å²) in [6, 6.07) is 0.593. The number of rotatable bonds is 7. The molecule has 0 aliphatic carbocycles. The minimum absolute atomic E-state index is 0.457. The third-order valence-electron chi connectivity index (χ3n) is 5.38. The van der Waals surface area contributed by atoms with Crippen LogP contribution in [0.15, 0.2) is 0 Å². The third kappa shape index (κ3) is 5.73. The Hall–Kier alpha value is -0.0800. The molecule has 0 aromatic carbocycles. The lowest BCUT2D eigenvalue weighted by molar-refractivity contribution is 0.132. The molecule has 0 saturated carbocycles. The van der Waals surface area contributed by atoms with E-state index in [-0.39, 0.29) is 0 Å². The van der Waals surface area contributed by atoms with Crippen molar-refractivity contribution in [2.75, 3.05) is 26.2 Å². The zero-order chi connectivity index (χ0) is 15.2. The molecule has 2 heteroatoms. The van der Waals surface area contributed by atoms with Crippen molar-refractivity contribution in [1.29, 1.82) is 0 Å². The lowest BCUT2D eigenvalue weighted by Crippen LogP contribution is -2.45. The second-order valence-corrected chi connectivity index (χ2v) is 8.04. The van der Waals surface area contributed by atoms with Gasteiger partial charge >= 0.3 is 0 Å². The van der Waals surface area contributed by atoms with E-state index in [1.54, 1.807) is 0 Å². The van der Waals surface area contributed by atoms with Crippen LogP contribution in [0.25, 0.3) is 0 Å². The Morgan fingerprint density at radius 2 is 1.75 bits per heavy atom. The Morgan fingerprint density at radius 3 is 2.30 bits per heavy atom. The summed E-state index contributed by atoms with van der Waals surface area (Å²) >= 11 is 0. The van der Waals surface area contributed by atoms with Crippen LogP contribution in [0.2, 0.25) is 0 Å². The summed E-state index contributed by atoms with van der Waals surface area (Å²) < 4.78 is 0. The Balaban J connectivity index is 2.60. The zero-order valence-electron chi connectivity index (χ0n) is 14.9. The van der Waals surface area contributed by atoms with E-state index >= 15 is 0 Å². The fourth-order valence-corrected chi connectivity index (χ4v) is 3.31. The molecule has 0 radical (unpaired) electrons. The Labute approximate surface area is 127 Å². The number of hydrogen-bond donors (Lipinski definition) is 1. The molecular formula is C18H38N2. The molecule has 0 bridgehead atoms. The normalized spacial score (nSPS) is 21.1. The second kappa shape index (κ2) is 7.79. The number of likely N-dealkylation sites (tertiary alicyclic amines) is 1. The number of nitrogens with zero attached hydrogens (tertiary/aromatic N) is 1. The Kier molecular flexibility index (Phi) is 7.00. The first-order chi connectivity index (χ1) is 9.32. The zero-order valence-corrected chi connectivity index (χ0v) is 14.9. The quantitative estimate of drug-likeness (QED) is 0.749. The molecule has 1 aliphatic rings. The van der Waals surface area contributed by atoms with Crippen molar-refractivity contribution in [2.24, 2.45) is 10.8 Å². The molecule has 0 unspecified atom stereocenters. The molecule has 0 spiro atoms. The number of hydrogen-bond acceptors (Lipinski definition) is 2. The largest absolute Gasteiger partial charge is 0.314 e. The number of nitrogens with one attached hydrogen (secondary N) is 1. The Bertz CT molecular complexity index is 267. The lowest BCUT2D eigenvalue weighted by Gasteiger charge is -2.38. The van der Waals surface area contributed by atoms with E-state index in [4.69, 9.17) is 0 Å². The average Bonchev–Trinajstić information content (AvgIpc) is 2.56. The molecular weight excluding hydrogens is 244 g/mol. The summed E-state index contributed by atoms with van der Waals surface area (Å²) in [5.74, 6) is 0. The minimum Gasteiger partial charge on any atom is -0.314 e. The van der Waals surface area contributed by atoms with Crippen LogP contribution in [0.5, 0.6) is 0 Å². The predicted molar refractivity (Wildman–Crippen MR) is 90.2 cm³/mol. The molecule has 0 atom stereocenters. The van der Waals surface area contributed by atoms with E-state index in [2.05, 4.69) is 51.8 Å². The molecule has 1 N–H and O–H groups in total. The van der Waals surface area contributed by atoms with E-state index in [0.29, 0.717) is 16.9 Å². The van der Waals surface area contributed by atoms with Crippen molar-refractivity contribution in [3.8, 4) is 0 Å². The van der Waals surface area contributed by atoms with Gasteiger partial charge in [0.2, 0.25) is 0 Å². The van der Waals surface area contributed by atoms with Gasteiger partial charge in [-0.1, -0.05) is 41.5 Å². The summed E-state index contributed by atoms with van der Waals surface area (Å²) in [7, 11) is 0. The highest BCUT2D eigenvalue weighted by atomic mass is 15.1. The maximum Gasteiger partial charge on any atom is 0.00499 e. The topological polar surface area (TPSA) is 15.3 Å². The summed E-state index contributed by atoms with van der Waals surface area (Å²) in [5.41, 5.74) is 1.00. The molecule has 1 aliphatic heterocycles. The molecule has 1 rings (SSSR count). The van der Waals surface area contributed by atoms with Crippen LogP contribution < -0.4 is 5.32 Å². The maximum absolute atomic E-state index is 3.68. The standard InChI is InChI=1S/C18H38N2/c1-7-18(8-2,14-19-16(3)4)15-20-12-9-10-17(5,6)11-13-20/h16,19H,7-15H2,1-6H3. The summed E-state index contributed by atoms with van der Waals surface area (Å²) in [5, 5.41) is 3.68. The third-order valence-corrected chi connectivity index (χ3v) is 5.38. The SMILES string of the molecule is CCC(CC)(CNC(C)C)CN1CCCC(C)(C)CC1. The molecule has 0 aromatic rings. The summed E-state index contributed by atoms with van der Waals surface area (Å²) in [6.45, 7) is 19.1. The highest BCUT2D eigenvalue weighted by Crippen LogP contribution is 2.33. The van der Waals surface area contributed by atoms with Gasteiger partial charge in [0, 0.05) is 19.1 Å². The lowest BCUT2D eigenvalue weighted by atomic mass is 9.81. The smallest absolute Gasteiger partial charge is 0.00499 e. The van der Waals surface area contributed by atoms with Gasteiger partial charge in [0.15, 0.2) is 0 Å². The van der Waals surface area contributed by atoms with Crippen molar-refractivity contribution in [1.82, 2.24) is 10.2 Å². The van der Waals surface area contributed by atoms with Crippen molar-refractivity contribution >= 4 is 0 Å². The molecule has 0 aromatic heterocycles. The molecule has 2 nitrogen and oxygen atoms in total. The van der Waals surface area contributed by atoms with Gasteiger partial charge in [-0.2, -0.15) is 0 Å². The van der Waals surface area contributed by atoms with Crippen LogP contribution >= 0.6 is 0 Å². The minimum atomic E-state index is 0.457. The van der Waals surface area contributed by atoms with E-state index in [0.717, 1.165) is 6.54 Å². The van der Waals surface area contributed by atoms with Gasteiger partial charge in [-0.3, -0.25) is 0 Å². The highest BCUT2D eigenvalue weighted by Gasteiger charge is 2.31. The Morgan fingerprint density at radius 1 is 1.10 bits per heavy atom. The van der Waals surface area contributed by atoms with Crippen molar-refractivity contribution < 1.29 is 0 Å². The first kappa shape index (κ1) is 18.0. The fourth-order valence-electron chi connectivity index (χ4n) is 3.31. The van der Waals surface area contributed by atoms with Crippen molar-refractivity contribution in [2.45, 2.75) is 79.7 Å². The first-order valence-electron chi connectivity index (χ1n) is 8.78. The van der Waals surface area contributed by atoms with Crippen LogP contribution in [-0.4, -0.2) is 37.1 Å². The van der Waals surface area contributed by atoms with Gasteiger partial charge in [-0.15, -0.1) is 0 Å². The van der Waals surface area contributed by atoms with E-state index in [9.17, 15) is 0 Å². The van der Waals surface area contributed by atoms with Crippen molar-refractivity contribution in [3.63, 3.8) is 0 Å². The van der Waals surface area contributed by atoms with Gasteiger partial charge in [0.05, 0.1) is 0 Å². The monoisotopic (exact) mass is 282 g/mol. The van der Waals surface area contributed by atoms with Gasteiger partial charge in [0.25, 0.3) is 0 Å².